The van der Waals surface area contributed by atoms with Crippen molar-refractivity contribution in [2.75, 3.05) is 0 Å². The van der Waals surface area contributed by atoms with Gasteiger partial charge < -0.3 is 0 Å². The molecule has 0 spiro atoms. The topological polar surface area (TPSA) is 0 Å². The maximum Gasteiger partial charge on any atom is -0.00443 e. The summed E-state index contributed by atoms with van der Waals surface area (Å²) in [4.78, 5) is 0. The maximum atomic E-state index is 2.41. The summed E-state index contributed by atoms with van der Waals surface area (Å²) in [5.41, 5.74) is 3.69. The van der Waals surface area contributed by atoms with Crippen molar-refractivity contribution < 1.29 is 0 Å². The molecule has 0 saturated heterocycles. The van der Waals surface area contributed by atoms with Crippen LogP contribution < -0.4 is 0 Å². The summed E-state index contributed by atoms with van der Waals surface area (Å²) in [5.74, 6) is 0. The Hall–Kier alpha value is -0.780. The molecule has 1 fully saturated rings. The third kappa shape index (κ3) is 4.59. The predicted octanol–water partition coefficient (Wildman–Crippen LogP) is 6.95. The number of benzene rings is 1. The van der Waals surface area contributed by atoms with Gasteiger partial charge in [-0.3, -0.25) is 0 Å². The quantitative estimate of drug-likeness (QED) is 0.454. The van der Waals surface area contributed by atoms with Crippen molar-refractivity contribution in [3.05, 3.63) is 35.4 Å². The van der Waals surface area contributed by atoms with E-state index in [4.69, 9.17) is 0 Å². The fraction of sp³-hybridized carbons (Fsp3) is 0.714. The van der Waals surface area contributed by atoms with Gasteiger partial charge >= 0.3 is 0 Å². The van der Waals surface area contributed by atoms with E-state index in [1.54, 1.807) is 5.56 Å². The van der Waals surface area contributed by atoms with E-state index in [1.807, 2.05) is 0 Å². The molecule has 0 aliphatic heterocycles. The van der Waals surface area contributed by atoms with E-state index < -0.39 is 0 Å². The lowest BCUT2D eigenvalue weighted by molar-refractivity contribution is 0.264. The smallest absolute Gasteiger partial charge is 0.00443 e. The zero-order valence-corrected chi connectivity index (χ0v) is 14.3. The molecule has 0 radical (unpaired) electrons. The van der Waals surface area contributed by atoms with Crippen LogP contribution in [0.5, 0.6) is 0 Å². The standard InChI is InChI=1S/C21H34/c1-3-4-5-6-7-11-16-21(17-12-8-13-18-21)20-15-10-9-14-19(20)2/h9-10,14-15H,3-8,11-13,16-18H2,1-2H3. The number of unbranched alkanes of at least 4 members (excludes halogenated alkanes) is 5. The molecule has 118 valence electrons. The summed E-state index contributed by atoms with van der Waals surface area (Å²) < 4.78 is 0. The van der Waals surface area contributed by atoms with Crippen LogP contribution in [-0.4, -0.2) is 0 Å². The minimum Gasteiger partial charge on any atom is -0.0654 e. The lowest BCUT2D eigenvalue weighted by Gasteiger charge is -2.39. The predicted molar refractivity (Wildman–Crippen MR) is 93.9 cm³/mol. The Labute approximate surface area is 132 Å². The molecule has 0 heteroatoms. The fourth-order valence-corrected chi connectivity index (χ4v) is 4.29. The van der Waals surface area contributed by atoms with E-state index >= 15 is 0 Å². The Morgan fingerprint density at radius 2 is 1.52 bits per heavy atom. The van der Waals surface area contributed by atoms with Crippen LogP contribution in [-0.2, 0) is 5.41 Å². The van der Waals surface area contributed by atoms with Crippen LogP contribution in [0.25, 0.3) is 0 Å². The van der Waals surface area contributed by atoms with Crippen LogP contribution in [0.1, 0.15) is 95.1 Å². The van der Waals surface area contributed by atoms with Gasteiger partial charge in [0, 0.05) is 0 Å². The molecule has 2 rings (SSSR count). The van der Waals surface area contributed by atoms with Crippen LogP contribution in [0, 0.1) is 6.92 Å². The number of hydrogen-bond acceptors (Lipinski definition) is 0. The summed E-state index contributed by atoms with van der Waals surface area (Å²) in [6.07, 6.45) is 17.1. The lowest BCUT2D eigenvalue weighted by atomic mass is 9.65. The lowest BCUT2D eigenvalue weighted by Crippen LogP contribution is -2.30. The first-order valence-corrected chi connectivity index (χ1v) is 9.35. The van der Waals surface area contributed by atoms with Crippen LogP contribution in [0.4, 0.5) is 0 Å². The van der Waals surface area contributed by atoms with E-state index in [9.17, 15) is 0 Å². The van der Waals surface area contributed by atoms with Crippen molar-refractivity contribution in [3.63, 3.8) is 0 Å². The summed E-state index contributed by atoms with van der Waals surface area (Å²) in [6, 6.07) is 9.17. The largest absolute Gasteiger partial charge is 0.0654 e. The van der Waals surface area contributed by atoms with Crippen LogP contribution >= 0.6 is 0 Å². The highest BCUT2D eigenvalue weighted by Gasteiger charge is 2.33. The molecular formula is C21H34. The van der Waals surface area contributed by atoms with E-state index in [2.05, 4.69) is 38.1 Å². The molecule has 0 N–H and O–H groups in total. The highest BCUT2D eigenvalue weighted by Crippen LogP contribution is 2.44. The summed E-state index contributed by atoms with van der Waals surface area (Å²) in [5, 5.41) is 0. The average Bonchev–Trinajstić information content (AvgIpc) is 2.52. The monoisotopic (exact) mass is 286 g/mol. The zero-order chi connectivity index (χ0) is 15.0. The van der Waals surface area contributed by atoms with Crippen molar-refractivity contribution in [2.24, 2.45) is 0 Å². The van der Waals surface area contributed by atoms with E-state index in [-0.39, 0.29) is 0 Å². The fourth-order valence-electron chi connectivity index (χ4n) is 4.29. The van der Waals surface area contributed by atoms with E-state index in [0.29, 0.717) is 5.41 Å². The molecule has 0 nitrogen and oxygen atoms in total. The second-order valence-corrected chi connectivity index (χ2v) is 7.17. The molecule has 0 unspecified atom stereocenters. The van der Waals surface area contributed by atoms with Crippen molar-refractivity contribution in [1.82, 2.24) is 0 Å². The Bertz CT molecular complexity index is 398. The average molecular weight is 287 g/mol. The Balaban J connectivity index is 1.96. The van der Waals surface area contributed by atoms with Gasteiger partial charge in [0.1, 0.15) is 0 Å². The summed E-state index contributed by atoms with van der Waals surface area (Å²) >= 11 is 0. The van der Waals surface area contributed by atoms with Crippen LogP contribution in [0.15, 0.2) is 24.3 Å². The normalized spacial score (nSPS) is 17.8. The molecule has 1 aliphatic carbocycles. The minimum atomic E-state index is 0.508. The first-order chi connectivity index (χ1) is 10.3. The second-order valence-electron chi connectivity index (χ2n) is 7.17. The maximum absolute atomic E-state index is 2.41. The molecule has 1 aromatic rings. The van der Waals surface area contributed by atoms with Gasteiger partial charge in [-0.05, 0) is 42.7 Å². The molecule has 1 saturated carbocycles. The van der Waals surface area contributed by atoms with E-state index in [0.717, 1.165) is 0 Å². The number of rotatable bonds is 8. The van der Waals surface area contributed by atoms with Crippen molar-refractivity contribution in [1.29, 1.82) is 0 Å². The summed E-state index contributed by atoms with van der Waals surface area (Å²) in [7, 11) is 0. The van der Waals surface area contributed by atoms with Gasteiger partial charge in [-0.1, -0.05) is 89.0 Å². The third-order valence-electron chi connectivity index (χ3n) is 5.54. The molecule has 0 aromatic heterocycles. The Kier molecular flexibility index (Phi) is 6.80. The van der Waals surface area contributed by atoms with Crippen LogP contribution in [0.2, 0.25) is 0 Å². The van der Waals surface area contributed by atoms with Crippen molar-refractivity contribution in [2.45, 2.75) is 96.3 Å². The highest BCUT2D eigenvalue weighted by molar-refractivity contribution is 5.33. The van der Waals surface area contributed by atoms with Gasteiger partial charge in [-0.2, -0.15) is 0 Å². The molecule has 0 atom stereocenters. The summed E-state index contributed by atoms with van der Waals surface area (Å²) in [6.45, 7) is 4.61. The molecule has 1 aromatic carbocycles. The Morgan fingerprint density at radius 3 is 2.24 bits per heavy atom. The third-order valence-corrected chi connectivity index (χ3v) is 5.54. The molecule has 21 heavy (non-hydrogen) atoms. The molecule has 0 amide bonds. The highest BCUT2D eigenvalue weighted by atomic mass is 14.4. The minimum absolute atomic E-state index is 0.508. The molecule has 0 bridgehead atoms. The SMILES string of the molecule is CCCCCCCCC1(c2ccccc2C)CCCCC1. The first-order valence-electron chi connectivity index (χ1n) is 9.35. The molecule has 1 aliphatic rings. The number of hydrogen-bond donors (Lipinski definition) is 0. The molecule has 0 heterocycles. The van der Waals surface area contributed by atoms with Crippen molar-refractivity contribution in [3.8, 4) is 0 Å². The van der Waals surface area contributed by atoms with Gasteiger partial charge in [-0.25, -0.2) is 0 Å². The van der Waals surface area contributed by atoms with Gasteiger partial charge in [0.2, 0.25) is 0 Å². The zero-order valence-electron chi connectivity index (χ0n) is 14.3. The first kappa shape index (κ1) is 16.6. The van der Waals surface area contributed by atoms with Gasteiger partial charge in [0.05, 0.1) is 0 Å². The van der Waals surface area contributed by atoms with Gasteiger partial charge in [0.15, 0.2) is 0 Å². The molecular weight excluding hydrogens is 252 g/mol. The Morgan fingerprint density at radius 1 is 0.857 bits per heavy atom. The number of aryl methyl sites for hydroxylation is 1. The van der Waals surface area contributed by atoms with Gasteiger partial charge in [-0.15, -0.1) is 0 Å². The van der Waals surface area contributed by atoms with Crippen LogP contribution in [0.3, 0.4) is 0 Å². The van der Waals surface area contributed by atoms with E-state index in [1.165, 1.54) is 82.6 Å². The second kappa shape index (κ2) is 8.61. The van der Waals surface area contributed by atoms with Gasteiger partial charge in [0.25, 0.3) is 0 Å². The van der Waals surface area contributed by atoms with Crippen molar-refractivity contribution >= 4 is 0 Å².